The number of aromatic amines is 1. The van der Waals surface area contributed by atoms with Gasteiger partial charge in [0.25, 0.3) is 12.0 Å². The molecule has 0 saturated carbocycles. The van der Waals surface area contributed by atoms with Crippen molar-refractivity contribution in [3.63, 3.8) is 0 Å². The predicted octanol–water partition coefficient (Wildman–Crippen LogP) is 2.86. The van der Waals surface area contributed by atoms with Crippen molar-refractivity contribution >= 4 is 27.5 Å². The highest BCUT2D eigenvalue weighted by Gasteiger charge is 2.14. The van der Waals surface area contributed by atoms with Gasteiger partial charge in [0.05, 0.1) is 10.6 Å². The fraction of sp³-hybridized carbons (Fsp3) is 0.286. The minimum absolute atomic E-state index is 0.131. The Hall–Kier alpha value is -0.420. The predicted molar refractivity (Wildman–Crippen MR) is 49.7 cm³/mol. The minimum atomic E-state index is -2.80. The number of hydrogen-bond acceptors (Lipinski definition) is 1. The molecule has 72 valence electrons. The second-order valence-electron chi connectivity index (χ2n) is 2.31. The summed E-state index contributed by atoms with van der Waals surface area (Å²) in [5.74, 6) is 0. The molecule has 1 aromatic rings. The topological polar surface area (TPSA) is 32.9 Å². The van der Waals surface area contributed by atoms with Crippen LogP contribution in [0, 0.1) is 0 Å². The summed E-state index contributed by atoms with van der Waals surface area (Å²) in [7, 11) is 0. The Balaban J connectivity index is 3.29. The zero-order valence-corrected chi connectivity index (χ0v) is 8.62. The highest BCUT2D eigenvalue weighted by Crippen LogP contribution is 2.21. The normalized spacial score (nSPS) is 10.8. The molecular weight excluding hydrogens is 267 g/mol. The lowest BCUT2D eigenvalue weighted by molar-refractivity contribution is 0.149. The summed E-state index contributed by atoms with van der Waals surface area (Å²) < 4.78 is 24.3. The number of halogens is 4. The molecule has 0 aromatic carbocycles. The molecule has 0 atom stereocenters. The van der Waals surface area contributed by atoms with E-state index in [1.54, 1.807) is 0 Å². The van der Waals surface area contributed by atoms with E-state index in [4.69, 9.17) is 11.6 Å². The van der Waals surface area contributed by atoms with Crippen molar-refractivity contribution in [3.05, 3.63) is 32.7 Å². The first kappa shape index (κ1) is 10.7. The molecule has 0 fully saturated rings. The first-order valence-electron chi connectivity index (χ1n) is 3.32. The maximum absolute atomic E-state index is 12.2. The Labute approximate surface area is 86.0 Å². The Morgan fingerprint density at radius 3 is 2.69 bits per heavy atom. The van der Waals surface area contributed by atoms with Crippen LogP contribution in [-0.2, 0) is 5.33 Å². The summed E-state index contributed by atoms with van der Waals surface area (Å²) in [6, 6.07) is 0.988. The average molecular weight is 272 g/mol. The lowest BCUT2D eigenvalue weighted by atomic mass is 10.2. The largest absolute Gasteiger partial charge is 0.323 e. The van der Waals surface area contributed by atoms with Gasteiger partial charge in [0.15, 0.2) is 0 Å². The first-order valence-corrected chi connectivity index (χ1v) is 4.82. The Morgan fingerprint density at radius 2 is 2.23 bits per heavy atom. The standard InChI is InChI=1S/C7H5BrClF2NO/c8-2-5-4(9)1-3(6(10)11)7(13)12-5/h1,6H,2H2,(H,12,13). The lowest BCUT2D eigenvalue weighted by Crippen LogP contribution is -2.14. The van der Waals surface area contributed by atoms with E-state index < -0.39 is 17.5 Å². The fourth-order valence-electron chi connectivity index (χ4n) is 0.817. The maximum atomic E-state index is 12.2. The van der Waals surface area contributed by atoms with E-state index in [9.17, 15) is 13.6 Å². The van der Waals surface area contributed by atoms with Gasteiger partial charge in [0.2, 0.25) is 0 Å². The van der Waals surface area contributed by atoms with Gasteiger partial charge in [0.1, 0.15) is 0 Å². The highest BCUT2D eigenvalue weighted by atomic mass is 79.9. The number of rotatable bonds is 2. The molecule has 0 saturated heterocycles. The van der Waals surface area contributed by atoms with Crippen molar-refractivity contribution in [1.82, 2.24) is 4.98 Å². The third-order valence-corrected chi connectivity index (χ3v) is 2.36. The molecule has 0 aliphatic rings. The molecule has 0 radical (unpaired) electrons. The lowest BCUT2D eigenvalue weighted by Gasteiger charge is -2.02. The monoisotopic (exact) mass is 271 g/mol. The average Bonchev–Trinajstić information content (AvgIpc) is 2.07. The van der Waals surface area contributed by atoms with Crippen LogP contribution in [0.4, 0.5) is 8.78 Å². The maximum Gasteiger partial charge on any atom is 0.269 e. The molecular formula is C7H5BrClF2NO. The quantitative estimate of drug-likeness (QED) is 0.825. The Bertz CT molecular complexity index is 366. The molecule has 6 heteroatoms. The van der Waals surface area contributed by atoms with E-state index in [0.717, 1.165) is 6.07 Å². The van der Waals surface area contributed by atoms with Crippen LogP contribution in [0.5, 0.6) is 0 Å². The van der Waals surface area contributed by atoms with Gasteiger partial charge in [-0.2, -0.15) is 0 Å². The molecule has 1 heterocycles. The van der Waals surface area contributed by atoms with Crippen LogP contribution < -0.4 is 5.56 Å². The molecule has 0 unspecified atom stereocenters. The summed E-state index contributed by atoms with van der Waals surface area (Å²) in [6.07, 6.45) is -2.80. The van der Waals surface area contributed by atoms with Crippen molar-refractivity contribution in [2.45, 2.75) is 11.8 Å². The second-order valence-corrected chi connectivity index (χ2v) is 3.28. The molecule has 0 aliphatic carbocycles. The number of pyridine rings is 1. The van der Waals surface area contributed by atoms with Crippen molar-refractivity contribution in [2.75, 3.05) is 0 Å². The summed E-state index contributed by atoms with van der Waals surface area (Å²) >= 11 is 8.67. The van der Waals surface area contributed by atoms with Crippen LogP contribution in [0.25, 0.3) is 0 Å². The molecule has 1 aromatic heterocycles. The number of H-pyrrole nitrogens is 1. The smallest absolute Gasteiger partial charge is 0.269 e. The number of nitrogens with one attached hydrogen (secondary N) is 1. The summed E-state index contributed by atoms with van der Waals surface area (Å²) in [5.41, 5.74) is -1.00. The molecule has 1 rings (SSSR count). The number of aromatic nitrogens is 1. The van der Waals surface area contributed by atoms with Gasteiger partial charge < -0.3 is 4.98 Å². The van der Waals surface area contributed by atoms with Gasteiger partial charge in [-0.3, -0.25) is 4.79 Å². The van der Waals surface area contributed by atoms with E-state index >= 15 is 0 Å². The number of alkyl halides is 3. The van der Waals surface area contributed by atoms with Gasteiger partial charge in [-0.05, 0) is 6.07 Å². The minimum Gasteiger partial charge on any atom is -0.323 e. The van der Waals surface area contributed by atoms with E-state index in [2.05, 4.69) is 20.9 Å². The summed E-state index contributed by atoms with van der Waals surface area (Å²) in [4.78, 5) is 13.2. The Morgan fingerprint density at radius 1 is 1.62 bits per heavy atom. The van der Waals surface area contributed by atoms with Gasteiger partial charge in [-0.25, -0.2) is 8.78 Å². The van der Waals surface area contributed by atoms with Crippen LogP contribution in [0.1, 0.15) is 17.7 Å². The fourth-order valence-corrected chi connectivity index (χ4v) is 1.65. The molecule has 0 aliphatic heterocycles. The Kier molecular flexibility index (Phi) is 3.44. The van der Waals surface area contributed by atoms with Gasteiger partial charge in [-0.15, -0.1) is 0 Å². The molecule has 0 bridgehead atoms. The third-order valence-electron chi connectivity index (χ3n) is 1.47. The van der Waals surface area contributed by atoms with Gasteiger partial charge >= 0.3 is 0 Å². The summed E-state index contributed by atoms with van der Waals surface area (Å²) in [5, 5.41) is 0.455. The zero-order chi connectivity index (χ0) is 10.0. The van der Waals surface area contributed by atoms with Crippen LogP contribution in [-0.4, -0.2) is 4.98 Å². The van der Waals surface area contributed by atoms with Crippen molar-refractivity contribution < 1.29 is 8.78 Å². The molecule has 13 heavy (non-hydrogen) atoms. The van der Waals surface area contributed by atoms with Crippen molar-refractivity contribution in [3.8, 4) is 0 Å². The SMILES string of the molecule is O=c1[nH]c(CBr)c(Cl)cc1C(F)F. The third kappa shape index (κ3) is 2.28. The van der Waals surface area contributed by atoms with Crippen LogP contribution in [0.3, 0.4) is 0 Å². The van der Waals surface area contributed by atoms with Gasteiger partial charge in [0, 0.05) is 11.0 Å². The van der Waals surface area contributed by atoms with E-state index in [1.165, 1.54) is 0 Å². The second kappa shape index (κ2) is 4.19. The molecule has 1 N–H and O–H groups in total. The number of hydrogen-bond donors (Lipinski definition) is 1. The van der Waals surface area contributed by atoms with Crippen molar-refractivity contribution in [2.24, 2.45) is 0 Å². The van der Waals surface area contributed by atoms with Crippen LogP contribution >= 0.6 is 27.5 Å². The van der Waals surface area contributed by atoms with Crippen molar-refractivity contribution in [1.29, 1.82) is 0 Å². The van der Waals surface area contributed by atoms with E-state index in [-0.39, 0.29) is 5.02 Å². The first-order chi connectivity index (χ1) is 6.06. The molecule has 0 spiro atoms. The van der Waals surface area contributed by atoms with E-state index in [0.29, 0.717) is 11.0 Å². The molecule has 2 nitrogen and oxygen atoms in total. The van der Waals surface area contributed by atoms with Gasteiger partial charge in [-0.1, -0.05) is 27.5 Å². The molecule has 0 amide bonds. The summed E-state index contributed by atoms with van der Waals surface area (Å²) in [6.45, 7) is 0. The highest BCUT2D eigenvalue weighted by molar-refractivity contribution is 9.08. The van der Waals surface area contributed by atoms with Crippen LogP contribution in [0.2, 0.25) is 5.02 Å². The van der Waals surface area contributed by atoms with E-state index in [1.807, 2.05) is 0 Å². The zero-order valence-electron chi connectivity index (χ0n) is 6.28. The van der Waals surface area contributed by atoms with Crippen LogP contribution in [0.15, 0.2) is 10.9 Å².